The molecule has 0 fully saturated rings. The molecule has 1 aromatic rings. The molecule has 5 heteroatoms. The molecule has 0 spiro atoms. The van der Waals surface area contributed by atoms with E-state index in [0.29, 0.717) is 5.69 Å². The van der Waals surface area contributed by atoms with E-state index in [9.17, 15) is 9.18 Å². The van der Waals surface area contributed by atoms with Gasteiger partial charge in [0.05, 0.1) is 11.9 Å². The van der Waals surface area contributed by atoms with Crippen molar-refractivity contribution >= 4 is 17.6 Å². The van der Waals surface area contributed by atoms with Crippen LogP contribution >= 0.6 is 11.6 Å². The van der Waals surface area contributed by atoms with Gasteiger partial charge in [-0.2, -0.15) is 0 Å². The van der Waals surface area contributed by atoms with Crippen LogP contribution in [0.2, 0.25) is 5.02 Å². The largest absolute Gasteiger partial charge is 0.423 e. The lowest BCUT2D eigenvalue weighted by atomic mass is 10.3. The molecule has 0 aliphatic carbocycles. The van der Waals surface area contributed by atoms with Crippen LogP contribution in [0.15, 0.2) is 6.20 Å². The van der Waals surface area contributed by atoms with Crippen LogP contribution in [0.1, 0.15) is 19.0 Å². The quantitative estimate of drug-likeness (QED) is 0.715. The van der Waals surface area contributed by atoms with Crippen LogP contribution in [-0.4, -0.2) is 11.0 Å². The van der Waals surface area contributed by atoms with Crippen molar-refractivity contribution in [1.29, 1.82) is 0 Å². The molecule has 0 saturated heterocycles. The Morgan fingerprint density at radius 1 is 1.71 bits per heavy atom. The summed E-state index contributed by atoms with van der Waals surface area (Å²) in [5, 5.41) is -0.209. The van der Waals surface area contributed by atoms with Crippen LogP contribution in [0.25, 0.3) is 0 Å². The summed E-state index contributed by atoms with van der Waals surface area (Å²) in [6.07, 6.45) is 1.19. The Morgan fingerprint density at radius 2 is 2.36 bits per heavy atom. The number of aryl methyl sites for hydroxylation is 1. The minimum Gasteiger partial charge on any atom is -0.423 e. The second-order valence-electron chi connectivity index (χ2n) is 2.66. The van der Waals surface area contributed by atoms with Gasteiger partial charge in [-0.25, -0.2) is 4.39 Å². The molecule has 1 rings (SSSR count). The number of esters is 1. The number of aromatic nitrogens is 1. The van der Waals surface area contributed by atoms with E-state index < -0.39 is 11.8 Å². The van der Waals surface area contributed by atoms with Gasteiger partial charge in [0.25, 0.3) is 0 Å². The van der Waals surface area contributed by atoms with E-state index >= 15 is 0 Å². The molecule has 0 bridgehead atoms. The van der Waals surface area contributed by atoms with Crippen molar-refractivity contribution in [3.8, 4) is 5.75 Å². The normalized spacial score (nSPS) is 10.0. The zero-order valence-corrected chi connectivity index (χ0v) is 8.56. The molecule has 0 amide bonds. The summed E-state index contributed by atoms with van der Waals surface area (Å²) >= 11 is 5.61. The van der Waals surface area contributed by atoms with Crippen LogP contribution in [-0.2, 0) is 4.79 Å². The predicted molar refractivity (Wildman–Crippen MR) is 49.9 cm³/mol. The molecule has 0 atom stereocenters. The fourth-order valence-electron chi connectivity index (χ4n) is 0.841. The summed E-state index contributed by atoms with van der Waals surface area (Å²) in [4.78, 5) is 14.7. The number of hydrogen-bond donors (Lipinski definition) is 0. The third-order valence-corrected chi connectivity index (χ3v) is 1.97. The van der Waals surface area contributed by atoms with Gasteiger partial charge in [-0.05, 0) is 6.92 Å². The minimum absolute atomic E-state index is 0.00137. The number of halogens is 2. The van der Waals surface area contributed by atoms with E-state index in [1.807, 2.05) is 0 Å². The topological polar surface area (TPSA) is 39.2 Å². The van der Waals surface area contributed by atoms with Gasteiger partial charge in [-0.3, -0.25) is 9.78 Å². The first-order chi connectivity index (χ1) is 6.56. The Hall–Kier alpha value is -1.16. The molecule has 0 aliphatic rings. The van der Waals surface area contributed by atoms with Gasteiger partial charge in [-0.1, -0.05) is 18.5 Å². The average molecular weight is 218 g/mol. The molecule has 0 aromatic carbocycles. The Bertz CT molecular complexity index is 368. The third kappa shape index (κ3) is 2.20. The number of ether oxygens (including phenoxy) is 1. The molecule has 0 radical (unpaired) electrons. The second kappa shape index (κ2) is 4.37. The molecule has 0 N–H and O–H groups in total. The van der Waals surface area contributed by atoms with Gasteiger partial charge in [0.2, 0.25) is 0 Å². The highest BCUT2D eigenvalue weighted by atomic mass is 35.5. The lowest BCUT2D eigenvalue weighted by molar-refractivity contribution is -0.134. The molecule has 1 aromatic heterocycles. The SMILES string of the molecule is CCC(=O)Oc1c(C)ncc(F)c1Cl. The van der Waals surface area contributed by atoms with E-state index in [-0.39, 0.29) is 17.2 Å². The number of rotatable bonds is 2. The lowest BCUT2D eigenvalue weighted by Gasteiger charge is -2.07. The molecule has 14 heavy (non-hydrogen) atoms. The average Bonchev–Trinajstić information content (AvgIpc) is 2.18. The number of hydrogen-bond acceptors (Lipinski definition) is 3. The lowest BCUT2D eigenvalue weighted by Crippen LogP contribution is -2.08. The zero-order valence-electron chi connectivity index (χ0n) is 7.80. The maximum atomic E-state index is 12.9. The van der Waals surface area contributed by atoms with Crippen molar-refractivity contribution in [3.05, 3.63) is 22.7 Å². The Balaban J connectivity index is 3.06. The molecule has 3 nitrogen and oxygen atoms in total. The summed E-state index contributed by atoms with van der Waals surface area (Å²) in [6, 6.07) is 0. The summed E-state index contributed by atoms with van der Waals surface area (Å²) < 4.78 is 17.8. The molecule has 1 heterocycles. The molecule has 0 saturated carbocycles. The van der Waals surface area contributed by atoms with E-state index in [1.54, 1.807) is 13.8 Å². The van der Waals surface area contributed by atoms with Crippen molar-refractivity contribution in [2.75, 3.05) is 0 Å². The summed E-state index contributed by atoms with van der Waals surface area (Å²) in [5.74, 6) is -1.17. The number of nitrogens with zero attached hydrogens (tertiary/aromatic N) is 1. The van der Waals surface area contributed by atoms with Crippen LogP contribution in [0, 0.1) is 12.7 Å². The van der Waals surface area contributed by atoms with Gasteiger partial charge in [-0.15, -0.1) is 0 Å². The highest BCUT2D eigenvalue weighted by Crippen LogP contribution is 2.29. The highest BCUT2D eigenvalue weighted by molar-refractivity contribution is 6.32. The Morgan fingerprint density at radius 3 is 2.93 bits per heavy atom. The first kappa shape index (κ1) is 10.9. The standard InChI is InChI=1S/C9H9ClFNO2/c1-3-7(13)14-9-5(2)12-4-6(11)8(9)10/h4H,3H2,1-2H3. The van der Waals surface area contributed by atoms with Crippen LogP contribution in [0.4, 0.5) is 4.39 Å². The number of pyridine rings is 1. The van der Waals surface area contributed by atoms with Crippen molar-refractivity contribution in [2.45, 2.75) is 20.3 Å². The van der Waals surface area contributed by atoms with Gasteiger partial charge in [0, 0.05) is 6.42 Å². The maximum Gasteiger partial charge on any atom is 0.311 e. The van der Waals surface area contributed by atoms with Gasteiger partial charge < -0.3 is 4.74 Å². The van der Waals surface area contributed by atoms with Gasteiger partial charge >= 0.3 is 5.97 Å². The summed E-state index contributed by atoms with van der Waals surface area (Å²) in [6.45, 7) is 3.22. The highest BCUT2D eigenvalue weighted by Gasteiger charge is 2.14. The molecular formula is C9H9ClFNO2. The number of carbonyl (C=O) groups is 1. The van der Waals surface area contributed by atoms with Crippen molar-refractivity contribution in [2.24, 2.45) is 0 Å². The zero-order chi connectivity index (χ0) is 10.7. The first-order valence-corrected chi connectivity index (χ1v) is 4.45. The Kier molecular flexibility index (Phi) is 3.41. The van der Waals surface area contributed by atoms with E-state index in [0.717, 1.165) is 6.20 Å². The fourth-order valence-corrected chi connectivity index (χ4v) is 1.06. The smallest absolute Gasteiger partial charge is 0.311 e. The minimum atomic E-state index is -0.698. The monoisotopic (exact) mass is 217 g/mol. The van der Waals surface area contributed by atoms with Crippen LogP contribution in [0.5, 0.6) is 5.75 Å². The maximum absolute atomic E-state index is 12.9. The summed E-state index contributed by atoms with van der Waals surface area (Å²) in [7, 11) is 0. The fraction of sp³-hybridized carbons (Fsp3) is 0.333. The van der Waals surface area contributed by atoms with E-state index in [1.165, 1.54) is 0 Å². The van der Waals surface area contributed by atoms with Crippen molar-refractivity contribution < 1.29 is 13.9 Å². The summed E-state index contributed by atoms with van der Waals surface area (Å²) in [5.41, 5.74) is 0.387. The van der Waals surface area contributed by atoms with E-state index in [4.69, 9.17) is 16.3 Å². The van der Waals surface area contributed by atoms with Crippen molar-refractivity contribution in [1.82, 2.24) is 4.98 Å². The molecule has 0 unspecified atom stereocenters. The third-order valence-electron chi connectivity index (χ3n) is 1.61. The van der Waals surface area contributed by atoms with E-state index in [2.05, 4.69) is 4.98 Å². The number of carbonyl (C=O) groups excluding carboxylic acids is 1. The second-order valence-corrected chi connectivity index (χ2v) is 3.04. The molecule has 76 valence electrons. The molecular weight excluding hydrogens is 209 g/mol. The van der Waals surface area contributed by atoms with Crippen LogP contribution in [0.3, 0.4) is 0 Å². The first-order valence-electron chi connectivity index (χ1n) is 4.07. The van der Waals surface area contributed by atoms with Crippen molar-refractivity contribution in [3.63, 3.8) is 0 Å². The molecule has 0 aliphatic heterocycles. The Labute approximate surface area is 85.9 Å². The van der Waals surface area contributed by atoms with Gasteiger partial charge in [0.1, 0.15) is 5.02 Å². The van der Waals surface area contributed by atoms with Gasteiger partial charge in [0.15, 0.2) is 11.6 Å². The predicted octanol–water partition coefficient (Wildman–Crippen LogP) is 2.50. The van der Waals surface area contributed by atoms with Crippen LogP contribution < -0.4 is 4.74 Å².